The van der Waals surface area contributed by atoms with Crippen molar-refractivity contribution < 1.29 is 14.2 Å². The third-order valence-electron chi connectivity index (χ3n) is 4.02. The second-order valence-electron chi connectivity index (χ2n) is 5.58. The quantitative estimate of drug-likeness (QED) is 0.920. The maximum Gasteiger partial charge on any atom is 0.216 e. The van der Waals surface area contributed by atoms with Gasteiger partial charge in [0.25, 0.3) is 0 Å². The Labute approximate surface area is 131 Å². The Morgan fingerprint density at radius 3 is 2.73 bits per heavy atom. The van der Waals surface area contributed by atoms with Crippen molar-refractivity contribution >= 4 is 10.8 Å². The van der Waals surface area contributed by atoms with Crippen LogP contribution in [-0.4, -0.2) is 33.3 Å². The number of hydrogen-bond acceptors (Lipinski definition) is 4. The van der Waals surface area contributed by atoms with Crippen molar-refractivity contribution in [3.8, 4) is 5.75 Å². The van der Waals surface area contributed by atoms with Crippen molar-refractivity contribution in [3.63, 3.8) is 0 Å². The minimum atomic E-state index is -0.272. The molecule has 1 aliphatic rings. The van der Waals surface area contributed by atoms with Gasteiger partial charge in [0.1, 0.15) is 5.75 Å². The highest BCUT2D eigenvalue weighted by Gasteiger charge is 2.24. The average Bonchev–Trinajstić information content (AvgIpc) is 2.59. The van der Waals surface area contributed by atoms with Gasteiger partial charge in [-0.1, -0.05) is 31.2 Å². The minimum absolute atomic E-state index is 0.261. The molecule has 0 amide bonds. The molecule has 1 saturated heterocycles. The topological polar surface area (TPSA) is 39.7 Å². The summed E-state index contributed by atoms with van der Waals surface area (Å²) >= 11 is 0. The van der Waals surface area contributed by atoms with Gasteiger partial charge in [-0.3, -0.25) is 5.32 Å². The van der Waals surface area contributed by atoms with E-state index in [1.807, 2.05) is 6.07 Å². The largest absolute Gasteiger partial charge is 0.497 e. The van der Waals surface area contributed by atoms with Crippen LogP contribution in [0.2, 0.25) is 0 Å². The smallest absolute Gasteiger partial charge is 0.216 e. The lowest BCUT2D eigenvalue weighted by Gasteiger charge is -2.30. The van der Waals surface area contributed by atoms with Crippen LogP contribution in [0, 0.1) is 0 Å². The predicted octanol–water partition coefficient (Wildman–Crippen LogP) is 3.26. The molecule has 4 nitrogen and oxygen atoms in total. The zero-order valence-corrected chi connectivity index (χ0v) is 13.2. The van der Waals surface area contributed by atoms with E-state index in [0.717, 1.165) is 18.7 Å². The summed E-state index contributed by atoms with van der Waals surface area (Å²) in [6.07, 6.45) is 0.795. The van der Waals surface area contributed by atoms with Crippen molar-refractivity contribution in [1.29, 1.82) is 0 Å². The number of benzene rings is 2. The number of rotatable bonds is 5. The van der Waals surface area contributed by atoms with Gasteiger partial charge in [0.05, 0.1) is 20.3 Å². The highest BCUT2D eigenvalue weighted by molar-refractivity contribution is 5.87. The van der Waals surface area contributed by atoms with Crippen LogP contribution in [0.4, 0.5) is 0 Å². The van der Waals surface area contributed by atoms with E-state index < -0.39 is 0 Å². The molecule has 1 fully saturated rings. The van der Waals surface area contributed by atoms with Crippen molar-refractivity contribution in [2.75, 3.05) is 26.9 Å². The summed E-state index contributed by atoms with van der Waals surface area (Å²) < 4.78 is 16.9. The highest BCUT2D eigenvalue weighted by atomic mass is 16.7. The molecule has 2 aromatic carbocycles. The molecule has 0 unspecified atom stereocenters. The molecule has 4 heteroatoms. The maximum absolute atomic E-state index is 5.78. The first-order valence-corrected chi connectivity index (χ1v) is 7.85. The van der Waals surface area contributed by atoms with E-state index in [-0.39, 0.29) is 12.3 Å². The SMILES string of the molecule is CCCNC1OCC(c2cccc3cc(OC)ccc23)CO1. The maximum atomic E-state index is 5.78. The van der Waals surface area contributed by atoms with E-state index >= 15 is 0 Å². The van der Waals surface area contributed by atoms with Crippen LogP contribution in [0.1, 0.15) is 24.8 Å². The Hall–Kier alpha value is -1.62. The van der Waals surface area contributed by atoms with E-state index in [1.165, 1.54) is 16.3 Å². The summed E-state index contributed by atoms with van der Waals surface area (Å²) in [6, 6.07) is 12.5. The van der Waals surface area contributed by atoms with Gasteiger partial charge < -0.3 is 14.2 Å². The van der Waals surface area contributed by atoms with Gasteiger partial charge in [0.15, 0.2) is 0 Å². The zero-order chi connectivity index (χ0) is 15.4. The standard InChI is InChI=1S/C18H23NO3/c1-3-9-19-18-21-11-14(12-22-18)16-6-4-5-13-10-15(20-2)7-8-17(13)16/h4-8,10,14,18-19H,3,9,11-12H2,1-2H3. The molecule has 2 aromatic rings. The van der Waals surface area contributed by atoms with Gasteiger partial charge in [-0.05, 0) is 41.4 Å². The van der Waals surface area contributed by atoms with E-state index in [1.54, 1.807) is 7.11 Å². The number of ether oxygens (including phenoxy) is 3. The van der Waals surface area contributed by atoms with E-state index in [9.17, 15) is 0 Å². The highest BCUT2D eigenvalue weighted by Crippen LogP contribution is 2.30. The summed E-state index contributed by atoms with van der Waals surface area (Å²) in [5, 5.41) is 5.65. The Balaban J connectivity index is 1.77. The molecule has 1 N–H and O–H groups in total. The Morgan fingerprint density at radius 2 is 2.00 bits per heavy atom. The minimum Gasteiger partial charge on any atom is -0.497 e. The van der Waals surface area contributed by atoms with E-state index in [0.29, 0.717) is 13.2 Å². The second-order valence-corrected chi connectivity index (χ2v) is 5.58. The average molecular weight is 301 g/mol. The van der Waals surface area contributed by atoms with Crippen LogP contribution in [0.15, 0.2) is 36.4 Å². The molecular formula is C18H23NO3. The molecule has 118 valence electrons. The van der Waals surface area contributed by atoms with E-state index in [2.05, 4.69) is 42.6 Å². The summed E-state index contributed by atoms with van der Waals surface area (Å²) in [5.74, 6) is 1.14. The van der Waals surface area contributed by atoms with Crippen molar-refractivity contribution in [2.45, 2.75) is 25.7 Å². The van der Waals surface area contributed by atoms with Crippen molar-refractivity contribution in [3.05, 3.63) is 42.0 Å². The lowest BCUT2D eigenvalue weighted by molar-refractivity contribution is -0.202. The monoisotopic (exact) mass is 301 g/mol. The summed E-state index contributed by atoms with van der Waals surface area (Å²) in [5.41, 5.74) is 1.27. The molecule has 0 saturated carbocycles. The van der Waals surface area contributed by atoms with Crippen LogP contribution < -0.4 is 10.1 Å². The van der Waals surface area contributed by atoms with Gasteiger partial charge in [-0.15, -0.1) is 0 Å². The van der Waals surface area contributed by atoms with Crippen LogP contribution in [0.5, 0.6) is 5.75 Å². The van der Waals surface area contributed by atoms with Gasteiger partial charge >= 0.3 is 0 Å². The van der Waals surface area contributed by atoms with Gasteiger partial charge in [0.2, 0.25) is 6.41 Å². The molecule has 0 radical (unpaired) electrons. The number of hydrogen-bond donors (Lipinski definition) is 1. The van der Waals surface area contributed by atoms with Gasteiger partial charge in [-0.25, -0.2) is 0 Å². The number of nitrogens with one attached hydrogen (secondary N) is 1. The lowest BCUT2D eigenvalue weighted by atomic mass is 9.94. The van der Waals surface area contributed by atoms with Crippen LogP contribution >= 0.6 is 0 Å². The van der Waals surface area contributed by atoms with Crippen LogP contribution in [-0.2, 0) is 9.47 Å². The first kappa shape index (κ1) is 15.3. The summed E-state index contributed by atoms with van der Waals surface area (Å²) in [6.45, 7) is 4.38. The predicted molar refractivity (Wildman–Crippen MR) is 87.2 cm³/mol. The zero-order valence-electron chi connectivity index (χ0n) is 13.2. The lowest BCUT2D eigenvalue weighted by Crippen LogP contribution is -2.41. The van der Waals surface area contributed by atoms with Crippen molar-refractivity contribution in [1.82, 2.24) is 5.32 Å². The molecule has 0 atom stereocenters. The van der Waals surface area contributed by atoms with E-state index in [4.69, 9.17) is 14.2 Å². The number of fused-ring (bicyclic) bond motifs is 1. The molecule has 0 bridgehead atoms. The third-order valence-corrected chi connectivity index (χ3v) is 4.02. The molecule has 22 heavy (non-hydrogen) atoms. The molecule has 1 aliphatic heterocycles. The fourth-order valence-electron chi connectivity index (χ4n) is 2.83. The first-order valence-electron chi connectivity index (χ1n) is 7.85. The fraction of sp³-hybridized carbons (Fsp3) is 0.444. The van der Waals surface area contributed by atoms with Crippen molar-refractivity contribution in [2.24, 2.45) is 0 Å². The number of methoxy groups -OCH3 is 1. The van der Waals surface area contributed by atoms with Gasteiger partial charge in [-0.2, -0.15) is 0 Å². The second kappa shape index (κ2) is 7.09. The normalized spacial score (nSPS) is 21.9. The first-order chi connectivity index (χ1) is 10.8. The van der Waals surface area contributed by atoms with Gasteiger partial charge in [0, 0.05) is 5.92 Å². The summed E-state index contributed by atoms with van der Waals surface area (Å²) in [4.78, 5) is 0. The molecule has 1 heterocycles. The van der Waals surface area contributed by atoms with Crippen LogP contribution in [0.3, 0.4) is 0 Å². The Bertz CT molecular complexity index is 621. The summed E-state index contributed by atoms with van der Waals surface area (Å²) in [7, 11) is 1.69. The third kappa shape index (κ3) is 3.24. The fourth-order valence-corrected chi connectivity index (χ4v) is 2.83. The van der Waals surface area contributed by atoms with Crippen LogP contribution in [0.25, 0.3) is 10.8 Å². The Morgan fingerprint density at radius 1 is 1.18 bits per heavy atom. The molecule has 3 rings (SSSR count). The molecule has 0 aromatic heterocycles. The Kier molecular flexibility index (Phi) is 4.93. The molecule has 0 spiro atoms. The molecular weight excluding hydrogens is 278 g/mol. The molecule has 0 aliphatic carbocycles.